The molecule has 0 fully saturated rings. The summed E-state index contributed by atoms with van der Waals surface area (Å²) in [7, 11) is -3.01. The second-order valence-electron chi connectivity index (χ2n) is 7.04. The zero-order chi connectivity index (χ0) is 20.1. The van der Waals surface area contributed by atoms with Gasteiger partial charge in [0.25, 0.3) is 0 Å². The van der Waals surface area contributed by atoms with E-state index in [0.717, 1.165) is 32.6 Å². The Morgan fingerprint density at radius 1 is 0.621 bits per heavy atom. The topological polar surface area (TPSA) is 17.1 Å². The first-order valence-electron chi connectivity index (χ1n) is 9.74. The van der Waals surface area contributed by atoms with Gasteiger partial charge in [0, 0.05) is 15.9 Å². The molecule has 0 radical (unpaired) electrons. The maximum absolute atomic E-state index is 14.8. The molecule has 0 unspecified atom stereocenters. The Kier molecular flexibility index (Phi) is 5.60. The third-order valence-corrected chi connectivity index (χ3v) is 8.21. The first kappa shape index (κ1) is 19.2. The quantitative estimate of drug-likeness (QED) is 0.305. The summed E-state index contributed by atoms with van der Waals surface area (Å²) in [6.07, 6.45) is 2.15. The lowest BCUT2D eigenvalue weighted by atomic mass is 10.0. The maximum atomic E-state index is 14.8. The fraction of sp³-hybridized carbons (Fsp3) is 0.0370. The molecule has 29 heavy (non-hydrogen) atoms. The van der Waals surface area contributed by atoms with Gasteiger partial charge in [0.1, 0.15) is 0 Å². The van der Waals surface area contributed by atoms with E-state index < -0.39 is 7.14 Å². The van der Waals surface area contributed by atoms with Crippen molar-refractivity contribution in [3.05, 3.63) is 126 Å². The van der Waals surface area contributed by atoms with Crippen LogP contribution in [0.2, 0.25) is 0 Å². The third-order valence-electron chi connectivity index (χ3n) is 5.09. The van der Waals surface area contributed by atoms with Crippen molar-refractivity contribution in [2.24, 2.45) is 0 Å². The van der Waals surface area contributed by atoms with E-state index in [1.165, 1.54) is 0 Å². The molecular weight excluding hydrogens is 371 g/mol. The number of benzene rings is 4. The summed E-state index contributed by atoms with van der Waals surface area (Å²) < 4.78 is 14.8. The van der Waals surface area contributed by atoms with Crippen molar-refractivity contribution in [1.29, 1.82) is 0 Å². The lowest BCUT2D eigenvalue weighted by molar-refractivity contribution is 0.592. The van der Waals surface area contributed by atoms with Gasteiger partial charge in [-0.05, 0) is 23.6 Å². The van der Waals surface area contributed by atoms with E-state index in [1.54, 1.807) is 0 Å². The molecular formula is C27H23OP. The Morgan fingerprint density at radius 3 is 1.62 bits per heavy atom. The summed E-state index contributed by atoms with van der Waals surface area (Å²) in [6.45, 7) is 2.09. The van der Waals surface area contributed by atoms with Crippen LogP contribution >= 0.6 is 7.14 Å². The van der Waals surface area contributed by atoms with Crippen molar-refractivity contribution in [3.8, 4) is 0 Å². The van der Waals surface area contributed by atoms with Crippen LogP contribution in [0.25, 0.3) is 11.6 Å². The third kappa shape index (κ3) is 3.88. The van der Waals surface area contributed by atoms with Gasteiger partial charge in [-0.2, -0.15) is 0 Å². The van der Waals surface area contributed by atoms with E-state index in [2.05, 4.69) is 31.2 Å². The van der Waals surface area contributed by atoms with E-state index in [9.17, 15) is 4.57 Å². The molecule has 142 valence electrons. The zero-order valence-corrected chi connectivity index (χ0v) is 17.3. The maximum Gasteiger partial charge on any atom is 0.171 e. The van der Waals surface area contributed by atoms with Gasteiger partial charge < -0.3 is 4.57 Å². The molecule has 0 aliphatic rings. The molecule has 4 aromatic rings. The van der Waals surface area contributed by atoms with Crippen LogP contribution in [0.15, 0.2) is 115 Å². The van der Waals surface area contributed by atoms with Gasteiger partial charge in [-0.25, -0.2) is 0 Å². The molecule has 0 aliphatic heterocycles. The van der Waals surface area contributed by atoms with Gasteiger partial charge in [0.15, 0.2) is 7.14 Å². The molecule has 0 heterocycles. The van der Waals surface area contributed by atoms with Gasteiger partial charge in [-0.3, -0.25) is 0 Å². The van der Waals surface area contributed by atoms with Crippen LogP contribution in [0, 0.1) is 0 Å². The van der Waals surface area contributed by atoms with Crippen LogP contribution in [0.5, 0.6) is 0 Å². The zero-order valence-electron chi connectivity index (χ0n) is 16.4. The van der Waals surface area contributed by atoms with Crippen LogP contribution in [0.3, 0.4) is 0 Å². The molecule has 4 aromatic carbocycles. The standard InChI is InChI=1S/C27H23OP/c1-22(21-23-13-5-2-6-14-23)26-19-11-12-20-27(26)29(28,24-15-7-3-8-16-24)25-17-9-4-10-18-25/h2-21H,1H3/b22-21+. The highest BCUT2D eigenvalue weighted by Crippen LogP contribution is 2.44. The molecule has 4 rings (SSSR count). The molecule has 1 nitrogen and oxygen atoms in total. The Morgan fingerprint density at radius 2 is 1.07 bits per heavy atom. The van der Waals surface area contributed by atoms with Gasteiger partial charge in [-0.15, -0.1) is 0 Å². The normalized spacial score (nSPS) is 12.0. The number of rotatable bonds is 5. The molecule has 0 aliphatic carbocycles. The molecule has 2 heteroatoms. The van der Waals surface area contributed by atoms with E-state index >= 15 is 0 Å². The number of allylic oxidation sites excluding steroid dienone is 1. The molecule has 0 saturated heterocycles. The minimum Gasteiger partial charge on any atom is -0.309 e. The lowest BCUT2D eigenvalue weighted by Crippen LogP contribution is -2.27. The average molecular weight is 394 g/mol. The predicted molar refractivity (Wildman–Crippen MR) is 126 cm³/mol. The largest absolute Gasteiger partial charge is 0.309 e. The Bertz CT molecular complexity index is 1120. The molecule has 0 bridgehead atoms. The molecule has 0 saturated carbocycles. The van der Waals surface area contributed by atoms with E-state index in [0.29, 0.717) is 0 Å². The SMILES string of the molecule is C/C(=C\c1ccccc1)c1ccccc1P(=O)(c1ccccc1)c1ccccc1. The highest BCUT2D eigenvalue weighted by atomic mass is 31.2. The first-order valence-corrected chi connectivity index (χ1v) is 11.4. The monoisotopic (exact) mass is 394 g/mol. The van der Waals surface area contributed by atoms with Gasteiger partial charge in [0.05, 0.1) is 0 Å². The summed E-state index contributed by atoms with van der Waals surface area (Å²) in [5, 5.41) is 2.58. The summed E-state index contributed by atoms with van der Waals surface area (Å²) in [6, 6.07) is 38.0. The van der Waals surface area contributed by atoms with Crippen LogP contribution in [-0.4, -0.2) is 0 Å². The van der Waals surface area contributed by atoms with Crippen molar-refractivity contribution >= 4 is 34.7 Å². The predicted octanol–water partition coefficient (Wildman–Crippen LogP) is 5.89. The molecule has 0 spiro atoms. The molecule has 0 N–H and O–H groups in total. The lowest BCUT2D eigenvalue weighted by Gasteiger charge is -2.23. The van der Waals surface area contributed by atoms with Crippen LogP contribution in [0.1, 0.15) is 18.1 Å². The van der Waals surface area contributed by atoms with Gasteiger partial charge in [-0.1, -0.05) is 121 Å². The Labute approximate surface area is 172 Å². The highest BCUT2D eigenvalue weighted by Gasteiger charge is 2.31. The fourth-order valence-corrected chi connectivity index (χ4v) is 6.59. The average Bonchev–Trinajstić information content (AvgIpc) is 2.80. The van der Waals surface area contributed by atoms with E-state index in [-0.39, 0.29) is 0 Å². The molecule has 0 amide bonds. The van der Waals surface area contributed by atoms with E-state index in [4.69, 9.17) is 0 Å². The smallest absolute Gasteiger partial charge is 0.171 e. The first-order chi connectivity index (χ1) is 14.2. The van der Waals surface area contributed by atoms with Crippen LogP contribution in [0.4, 0.5) is 0 Å². The van der Waals surface area contributed by atoms with Crippen molar-refractivity contribution < 1.29 is 4.57 Å². The second-order valence-corrected chi connectivity index (χ2v) is 9.77. The Hall–Kier alpha value is -3.15. The molecule has 0 aromatic heterocycles. The van der Waals surface area contributed by atoms with Crippen molar-refractivity contribution in [3.63, 3.8) is 0 Å². The van der Waals surface area contributed by atoms with Crippen molar-refractivity contribution in [2.75, 3.05) is 0 Å². The van der Waals surface area contributed by atoms with Gasteiger partial charge >= 0.3 is 0 Å². The minimum absolute atomic E-state index is 0.853. The summed E-state index contributed by atoms with van der Waals surface area (Å²) in [4.78, 5) is 0. The second kappa shape index (κ2) is 8.47. The highest BCUT2D eigenvalue weighted by molar-refractivity contribution is 7.85. The van der Waals surface area contributed by atoms with Crippen molar-refractivity contribution in [1.82, 2.24) is 0 Å². The van der Waals surface area contributed by atoms with Crippen molar-refractivity contribution in [2.45, 2.75) is 6.92 Å². The fourth-order valence-electron chi connectivity index (χ4n) is 3.66. The number of hydrogen-bond donors (Lipinski definition) is 0. The minimum atomic E-state index is -3.01. The summed E-state index contributed by atoms with van der Waals surface area (Å²) in [5.74, 6) is 0. The Balaban J connectivity index is 1.94. The van der Waals surface area contributed by atoms with Gasteiger partial charge in [0.2, 0.25) is 0 Å². The summed E-state index contributed by atoms with van der Waals surface area (Å²) >= 11 is 0. The summed E-state index contributed by atoms with van der Waals surface area (Å²) in [5.41, 5.74) is 3.25. The van der Waals surface area contributed by atoms with Crippen LogP contribution in [-0.2, 0) is 4.57 Å². The van der Waals surface area contributed by atoms with Crippen LogP contribution < -0.4 is 15.9 Å². The van der Waals surface area contributed by atoms with E-state index in [1.807, 2.05) is 97.1 Å². The number of hydrogen-bond acceptors (Lipinski definition) is 1. The molecule has 0 atom stereocenters.